The average molecular weight is 308 g/mol. The van der Waals surface area contributed by atoms with Gasteiger partial charge in [0, 0.05) is 30.8 Å². The topological polar surface area (TPSA) is 72.4 Å². The zero-order valence-electron chi connectivity index (χ0n) is 11.6. The number of halogens is 1. The minimum atomic E-state index is -0.118. The molecule has 1 aromatic heterocycles. The number of nitrogens with two attached hydrogens (primary N) is 1. The van der Waals surface area contributed by atoms with Gasteiger partial charge in [-0.1, -0.05) is 35.5 Å². The second-order valence-corrected chi connectivity index (χ2v) is 4.97. The third-order valence-corrected chi connectivity index (χ3v) is 3.70. The van der Waals surface area contributed by atoms with Crippen LogP contribution < -0.4 is 5.73 Å². The number of hydrogen-bond donors (Lipinski definition) is 1. The molecule has 2 aromatic rings. The Morgan fingerprint density at radius 2 is 2.14 bits per heavy atom. The molecule has 2 heterocycles. The summed E-state index contributed by atoms with van der Waals surface area (Å²) in [7, 11) is 0. The molecule has 6 heteroatoms. The molecule has 1 amide bonds. The van der Waals surface area contributed by atoms with Crippen LogP contribution in [0.25, 0.3) is 11.3 Å². The zero-order valence-corrected chi connectivity index (χ0v) is 12.4. The number of aromatic nitrogens is 1. The Morgan fingerprint density at radius 1 is 1.38 bits per heavy atom. The van der Waals surface area contributed by atoms with E-state index in [1.165, 1.54) is 0 Å². The van der Waals surface area contributed by atoms with Gasteiger partial charge in [0.1, 0.15) is 5.69 Å². The Balaban J connectivity index is 0.00000161. The van der Waals surface area contributed by atoms with Gasteiger partial charge in [-0.25, -0.2) is 0 Å². The first-order valence-corrected chi connectivity index (χ1v) is 6.83. The molecule has 112 valence electrons. The van der Waals surface area contributed by atoms with E-state index in [0.717, 1.165) is 24.9 Å². The lowest BCUT2D eigenvalue weighted by Gasteiger charge is -2.21. The largest absolute Gasteiger partial charge is 0.350 e. The van der Waals surface area contributed by atoms with E-state index in [4.69, 9.17) is 10.3 Å². The maximum atomic E-state index is 12.4. The molecule has 1 saturated heterocycles. The summed E-state index contributed by atoms with van der Waals surface area (Å²) in [5, 5.41) is 3.98. The smallest absolute Gasteiger partial charge is 0.292 e. The summed E-state index contributed by atoms with van der Waals surface area (Å²) < 4.78 is 5.20. The fraction of sp³-hybridized carbons (Fsp3) is 0.333. The van der Waals surface area contributed by atoms with Crippen LogP contribution in [0.5, 0.6) is 0 Å². The minimum Gasteiger partial charge on any atom is -0.350 e. The second kappa shape index (κ2) is 6.74. The van der Waals surface area contributed by atoms with Crippen LogP contribution in [0.1, 0.15) is 23.4 Å². The number of carbonyl (C=O) groups excluding carboxylic acids is 1. The molecular weight excluding hydrogens is 290 g/mol. The predicted molar refractivity (Wildman–Crippen MR) is 82.3 cm³/mol. The Bertz CT molecular complexity index is 600. The summed E-state index contributed by atoms with van der Waals surface area (Å²) in [5.41, 5.74) is 7.31. The van der Waals surface area contributed by atoms with Gasteiger partial charge in [0.25, 0.3) is 5.91 Å². The maximum absolute atomic E-state index is 12.4. The molecule has 0 spiro atoms. The molecule has 1 aromatic carbocycles. The van der Waals surface area contributed by atoms with Crippen LogP contribution in [0.2, 0.25) is 0 Å². The predicted octanol–water partition coefficient (Wildman–Crippen LogP) is 2.33. The molecule has 1 fully saturated rings. The van der Waals surface area contributed by atoms with E-state index in [0.29, 0.717) is 12.2 Å². The molecule has 0 saturated carbocycles. The van der Waals surface area contributed by atoms with E-state index in [1.807, 2.05) is 30.3 Å². The van der Waals surface area contributed by atoms with Crippen molar-refractivity contribution in [3.05, 3.63) is 42.2 Å². The Kier molecular flexibility index (Phi) is 4.98. The summed E-state index contributed by atoms with van der Waals surface area (Å²) in [6.45, 7) is 1.23. The average Bonchev–Trinajstić information content (AvgIpc) is 3.16. The number of carbonyl (C=O) groups is 1. The number of amides is 1. The number of likely N-dealkylation sites (tertiary alicyclic amines) is 1. The lowest BCUT2D eigenvalue weighted by Crippen LogP contribution is -2.39. The fourth-order valence-electron chi connectivity index (χ4n) is 2.61. The fourth-order valence-corrected chi connectivity index (χ4v) is 2.61. The van der Waals surface area contributed by atoms with Crippen molar-refractivity contribution in [2.24, 2.45) is 5.73 Å². The summed E-state index contributed by atoms with van der Waals surface area (Å²) in [6.07, 6.45) is 1.95. The molecule has 5 nitrogen and oxygen atoms in total. The third kappa shape index (κ3) is 3.09. The SMILES string of the molecule is Cl.NCC1CCCN1C(=O)c1cc(-c2ccccc2)no1. The quantitative estimate of drug-likeness (QED) is 0.944. The summed E-state index contributed by atoms with van der Waals surface area (Å²) in [6, 6.07) is 11.5. The van der Waals surface area contributed by atoms with E-state index in [9.17, 15) is 4.79 Å². The molecule has 1 aliphatic heterocycles. The van der Waals surface area contributed by atoms with E-state index < -0.39 is 0 Å². The number of hydrogen-bond acceptors (Lipinski definition) is 4. The van der Waals surface area contributed by atoms with Crippen LogP contribution in [-0.2, 0) is 0 Å². The highest BCUT2D eigenvalue weighted by Gasteiger charge is 2.30. The van der Waals surface area contributed by atoms with Crippen LogP contribution in [0.4, 0.5) is 0 Å². The van der Waals surface area contributed by atoms with Crippen molar-refractivity contribution in [3.8, 4) is 11.3 Å². The minimum absolute atomic E-state index is 0. The first-order valence-electron chi connectivity index (χ1n) is 6.83. The molecule has 2 N–H and O–H groups in total. The van der Waals surface area contributed by atoms with Gasteiger partial charge in [-0.15, -0.1) is 12.4 Å². The van der Waals surface area contributed by atoms with Gasteiger partial charge in [-0.2, -0.15) is 0 Å². The number of nitrogens with zero attached hydrogens (tertiary/aromatic N) is 2. The van der Waals surface area contributed by atoms with Gasteiger partial charge in [-0.3, -0.25) is 4.79 Å². The third-order valence-electron chi connectivity index (χ3n) is 3.70. The van der Waals surface area contributed by atoms with Crippen molar-refractivity contribution in [1.29, 1.82) is 0 Å². The van der Waals surface area contributed by atoms with Crippen LogP contribution in [0, 0.1) is 0 Å². The van der Waals surface area contributed by atoms with Crippen molar-refractivity contribution < 1.29 is 9.32 Å². The molecule has 1 atom stereocenters. The molecule has 1 aliphatic rings. The second-order valence-electron chi connectivity index (χ2n) is 4.97. The van der Waals surface area contributed by atoms with Crippen LogP contribution in [-0.4, -0.2) is 35.1 Å². The molecule has 3 rings (SSSR count). The Hall–Kier alpha value is -1.85. The Labute approximate surface area is 129 Å². The molecule has 0 bridgehead atoms. The standard InChI is InChI=1S/C15H17N3O2.ClH/c16-10-12-7-4-8-18(12)15(19)14-9-13(17-20-14)11-5-2-1-3-6-11;/h1-3,5-6,9,12H,4,7-8,10,16H2;1H. The van der Waals surface area contributed by atoms with Gasteiger partial charge in [-0.05, 0) is 12.8 Å². The Morgan fingerprint density at radius 3 is 2.86 bits per heavy atom. The van der Waals surface area contributed by atoms with E-state index in [1.54, 1.807) is 11.0 Å². The van der Waals surface area contributed by atoms with Gasteiger partial charge in [0.05, 0.1) is 0 Å². The van der Waals surface area contributed by atoms with Gasteiger partial charge in [0.15, 0.2) is 0 Å². The van der Waals surface area contributed by atoms with Crippen molar-refractivity contribution in [2.75, 3.05) is 13.1 Å². The number of benzene rings is 1. The molecule has 21 heavy (non-hydrogen) atoms. The van der Waals surface area contributed by atoms with Crippen molar-refractivity contribution in [3.63, 3.8) is 0 Å². The maximum Gasteiger partial charge on any atom is 0.292 e. The highest BCUT2D eigenvalue weighted by molar-refractivity contribution is 5.92. The van der Waals surface area contributed by atoms with Crippen LogP contribution in [0.3, 0.4) is 0 Å². The first-order chi connectivity index (χ1) is 9.79. The van der Waals surface area contributed by atoms with E-state index in [2.05, 4.69) is 5.16 Å². The van der Waals surface area contributed by atoms with Crippen molar-refractivity contribution >= 4 is 18.3 Å². The van der Waals surface area contributed by atoms with E-state index >= 15 is 0 Å². The number of rotatable bonds is 3. The van der Waals surface area contributed by atoms with Crippen LogP contribution >= 0.6 is 12.4 Å². The highest BCUT2D eigenvalue weighted by atomic mass is 35.5. The summed E-state index contributed by atoms with van der Waals surface area (Å²) in [5.74, 6) is 0.164. The van der Waals surface area contributed by atoms with Gasteiger partial charge in [0.2, 0.25) is 5.76 Å². The van der Waals surface area contributed by atoms with E-state index in [-0.39, 0.29) is 30.1 Å². The highest BCUT2D eigenvalue weighted by Crippen LogP contribution is 2.23. The normalized spacial score (nSPS) is 17.6. The molecule has 0 aliphatic carbocycles. The first kappa shape index (κ1) is 15.5. The van der Waals surface area contributed by atoms with Gasteiger partial charge < -0.3 is 15.2 Å². The van der Waals surface area contributed by atoms with Gasteiger partial charge >= 0.3 is 0 Å². The molecular formula is C15H18ClN3O2. The lowest BCUT2D eigenvalue weighted by molar-refractivity contribution is 0.0699. The summed E-state index contributed by atoms with van der Waals surface area (Å²) >= 11 is 0. The lowest BCUT2D eigenvalue weighted by atomic mass is 10.1. The van der Waals surface area contributed by atoms with Crippen molar-refractivity contribution in [1.82, 2.24) is 10.1 Å². The monoisotopic (exact) mass is 307 g/mol. The molecule has 0 radical (unpaired) electrons. The van der Waals surface area contributed by atoms with Crippen LogP contribution in [0.15, 0.2) is 40.9 Å². The molecule has 1 unspecified atom stereocenters. The summed E-state index contributed by atoms with van der Waals surface area (Å²) in [4.78, 5) is 14.2. The zero-order chi connectivity index (χ0) is 13.9. The van der Waals surface area contributed by atoms with Crippen molar-refractivity contribution in [2.45, 2.75) is 18.9 Å².